The average molecular weight is 404 g/mol. The highest BCUT2D eigenvalue weighted by Gasteiger charge is 2.11. The molecule has 2 heterocycles. The highest BCUT2D eigenvalue weighted by atomic mass is 79.9. The van der Waals surface area contributed by atoms with Crippen LogP contribution in [-0.2, 0) is 11.3 Å². The molecule has 0 aliphatic heterocycles. The Morgan fingerprint density at radius 2 is 2.00 bits per heavy atom. The lowest BCUT2D eigenvalue weighted by Crippen LogP contribution is -2.26. The number of unbranched alkanes of at least 4 members (excludes halogenated alkanes) is 1. The number of fused-ring (bicyclic) bond motifs is 3. The number of aryl methyl sites for hydroxylation is 1. The molecule has 0 aliphatic carbocycles. The molecule has 1 amide bonds. The lowest BCUT2D eigenvalue weighted by Gasteiger charge is -2.13. The number of benzene rings is 1. The van der Waals surface area contributed by atoms with Crippen LogP contribution in [0.4, 0.5) is 0 Å². The minimum absolute atomic E-state index is 0.0259. The van der Waals surface area contributed by atoms with Gasteiger partial charge in [0.25, 0.3) is 5.56 Å². The predicted octanol–water partition coefficient (Wildman–Crippen LogP) is 3.71. The Morgan fingerprint density at radius 3 is 2.80 bits per heavy atom. The largest absolute Gasteiger partial charge is 0.356 e. The van der Waals surface area contributed by atoms with Crippen LogP contribution >= 0.6 is 15.9 Å². The Balaban J connectivity index is 1.84. The molecule has 5 nitrogen and oxygen atoms in total. The molecule has 132 valence electrons. The van der Waals surface area contributed by atoms with Gasteiger partial charge in [0.1, 0.15) is 5.52 Å². The number of aromatic nitrogens is 2. The zero-order chi connectivity index (χ0) is 17.8. The fourth-order valence-corrected chi connectivity index (χ4v) is 3.39. The molecule has 6 heteroatoms. The van der Waals surface area contributed by atoms with Gasteiger partial charge >= 0.3 is 0 Å². The first kappa shape index (κ1) is 17.7. The second kappa shape index (κ2) is 7.87. The standard InChI is InChI=1S/C19H22BrN3O2/c1-2-3-10-21-18(24)7-5-12-23-17-13-14(20)8-9-15(17)22-11-4-6-16(22)19(23)25/h4,6,8-9,11,13H,2-3,5,7,10,12H2,1H3,(H,21,24). The van der Waals surface area contributed by atoms with Crippen molar-refractivity contribution in [2.24, 2.45) is 0 Å². The summed E-state index contributed by atoms with van der Waals surface area (Å²) < 4.78 is 4.62. The molecule has 0 saturated heterocycles. The maximum absolute atomic E-state index is 12.8. The Morgan fingerprint density at radius 1 is 1.16 bits per heavy atom. The van der Waals surface area contributed by atoms with E-state index in [0.717, 1.165) is 34.9 Å². The summed E-state index contributed by atoms with van der Waals surface area (Å²) in [5.41, 5.74) is 2.48. The van der Waals surface area contributed by atoms with Crippen LogP contribution in [0.25, 0.3) is 16.6 Å². The Labute approximate surface area is 154 Å². The summed E-state index contributed by atoms with van der Waals surface area (Å²) in [7, 11) is 0. The number of carbonyl (C=O) groups is 1. The van der Waals surface area contributed by atoms with Crippen LogP contribution < -0.4 is 10.9 Å². The highest BCUT2D eigenvalue weighted by Crippen LogP contribution is 2.20. The number of hydrogen-bond acceptors (Lipinski definition) is 2. The summed E-state index contributed by atoms with van der Waals surface area (Å²) >= 11 is 3.48. The van der Waals surface area contributed by atoms with Gasteiger partial charge < -0.3 is 14.3 Å². The molecular formula is C19H22BrN3O2. The van der Waals surface area contributed by atoms with E-state index in [9.17, 15) is 9.59 Å². The fourth-order valence-electron chi connectivity index (χ4n) is 3.04. The van der Waals surface area contributed by atoms with Crippen LogP contribution in [0.3, 0.4) is 0 Å². The molecule has 25 heavy (non-hydrogen) atoms. The van der Waals surface area contributed by atoms with E-state index in [4.69, 9.17) is 0 Å². The lowest BCUT2D eigenvalue weighted by atomic mass is 10.2. The van der Waals surface area contributed by atoms with Crippen molar-refractivity contribution in [2.75, 3.05) is 6.54 Å². The van der Waals surface area contributed by atoms with Gasteiger partial charge in [0.2, 0.25) is 5.91 Å². The first-order chi connectivity index (χ1) is 12.1. The number of rotatable bonds is 7. The van der Waals surface area contributed by atoms with E-state index >= 15 is 0 Å². The average Bonchev–Trinajstić information content (AvgIpc) is 3.08. The van der Waals surface area contributed by atoms with Crippen molar-refractivity contribution < 1.29 is 4.79 Å². The molecule has 3 rings (SSSR count). The Bertz CT molecular complexity index is 958. The number of nitrogens with zero attached hydrogens (tertiary/aromatic N) is 2. The van der Waals surface area contributed by atoms with Crippen molar-refractivity contribution in [3.8, 4) is 0 Å². The van der Waals surface area contributed by atoms with Crippen LogP contribution in [0.1, 0.15) is 32.6 Å². The molecule has 0 bridgehead atoms. The molecule has 0 unspecified atom stereocenters. The predicted molar refractivity (Wildman–Crippen MR) is 104 cm³/mol. The molecule has 0 fully saturated rings. The molecule has 3 aromatic rings. The first-order valence-corrected chi connectivity index (χ1v) is 9.47. The van der Waals surface area contributed by atoms with Crippen molar-refractivity contribution >= 4 is 38.4 Å². The van der Waals surface area contributed by atoms with E-state index in [0.29, 0.717) is 24.9 Å². The third kappa shape index (κ3) is 3.79. The summed E-state index contributed by atoms with van der Waals surface area (Å²) in [6.45, 7) is 3.34. The fraction of sp³-hybridized carbons (Fsp3) is 0.368. The van der Waals surface area contributed by atoms with E-state index in [1.165, 1.54) is 0 Å². The summed E-state index contributed by atoms with van der Waals surface area (Å²) in [4.78, 5) is 24.7. The summed E-state index contributed by atoms with van der Waals surface area (Å²) in [5, 5.41) is 2.92. The molecular weight excluding hydrogens is 382 g/mol. The second-order valence-corrected chi connectivity index (χ2v) is 7.08. The molecule has 0 aliphatic rings. The normalized spacial score (nSPS) is 11.3. The van der Waals surface area contributed by atoms with Crippen molar-refractivity contribution in [3.63, 3.8) is 0 Å². The van der Waals surface area contributed by atoms with Crippen molar-refractivity contribution in [1.29, 1.82) is 0 Å². The maximum atomic E-state index is 12.8. The molecule has 2 aromatic heterocycles. The number of amides is 1. The van der Waals surface area contributed by atoms with Gasteiger partial charge in [-0.15, -0.1) is 0 Å². The summed E-state index contributed by atoms with van der Waals surface area (Å²) in [6.07, 6.45) is 5.02. The second-order valence-electron chi connectivity index (χ2n) is 6.16. The molecule has 0 spiro atoms. The monoisotopic (exact) mass is 403 g/mol. The number of nitrogens with one attached hydrogen (secondary N) is 1. The molecule has 0 atom stereocenters. The van der Waals surface area contributed by atoms with E-state index in [1.807, 2.05) is 40.9 Å². The van der Waals surface area contributed by atoms with Crippen LogP contribution in [0.2, 0.25) is 0 Å². The van der Waals surface area contributed by atoms with Crippen LogP contribution in [0.5, 0.6) is 0 Å². The van der Waals surface area contributed by atoms with Gasteiger partial charge in [-0.1, -0.05) is 29.3 Å². The van der Waals surface area contributed by atoms with Crippen LogP contribution in [0, 0.1) is 0 Å². The van der Waals surface area contributed by atoms with Gasteiger partial charge in [0.15, 0.2) is 0 Å². The third-order valence-corrected chi connectivity index (χ3v) is 4.83. The smallest absolute Gasteiger partial charge is 0.275 e. The van der Waals surface area contributed by atoms with Crippen LogP contribution in [-0.4, -0.2) is 21.4 Å². The molecule has 1 aromatic carbocycles. The van der Waals surface area contributed by atoms with E-state index < -0.39 is 0 Å². The van der Waals surface area contributed by atoms with E-state index in [-0.39, 0.29) is 11.5 Å². The summed E-state index contributed by atoms with van der Waals surface area (Å²) in [5.74, 6) is 0.0516. The quantitative estimate of drug-likeness (QED) is 0.611. The van der Waals surface area contributed by atoms with Crippen molar-refractivity contribution in [2.45, 2.75) is 39.2 Å². The van der Waals surface area contributed by atoms with E-state index in [2.05, 4.69) is 28.2 Å². The zero-order valence-electron chi connectivity index (χ0n) is 14.3. The van der Waals surface area contributed by atoms with Gasteiger partial charge in [-0.3, -0.25) is 9.59 Å². The lowest BCUT2D eigenvalue weighted by molar-refractivity contribution is -0.121. The topological polar surface area (TPSA) is 55.5 Å². The van der Waals surface area contributed by atoms with Gasteiger partial charge in [-0.2, -0.15) is 0 Å². The number of carbonyl (C=O) groups excluding carboxylic acids is 1. The van der Waals surface area contributed by atoms with Gasteiger partial charge in [0.05, 0.1) is 11.0 Å². The number of hydrogen-bond donors (Lipinski definition) is 1. The summed E-state index contributed by atoms with van der Waals surface area (Å²) in [6, 6.07) is 9.64. The number of halogens is 1. The molecule has 0 radical (unpaired) electrons. The SMILES string of the molecule is CCCCNC(=O)CCCn1c(=O)c2cccn2c2ccc(Br)cc21. The van der Waals surface area contributed by atoms with Crippen molar-refractivity contribution in [1.82, 2.24) is 14.3 Å². The van der Waals surface area contributed by atoms with Crippen LogP contribution in [0.15, 0.2) is 45.8 Å². The zero-order valence-corrected chi connectivity index (χ0v) is 15.9. The highest BCUT2D eigenvalue weighted by molar-refractivity contribution is 9.10. The van der Waals surface area contributed by atoms with Gasteiger partial charge in [0, 0.05) is 30.2 Å². The van der Waals surface area contributed by atoms with Crippen molar-refractivity contribution in [3.05, 3.63) is 51.4 Å². The van der Waals surface area contributed by atoms with Gasteiger partial charge in [-0.25, -0.2) is 0 Å². The maximum Gasteiger partial charge on any atom is 0.275 e. The molecule has 0 saturated carbocycles. The van der Waals surface area contributed by atoms with E-state index in [1.54, 1.807) is 4.57 Å². The minimum Gasteiger partial charge on any atom is -0.356 e. The van der Waals surface area contributed by atoms with Gasteiger partial charge in [-0.05, 0) is 43.2 Å². The minimum atomic E-state index is -0.0259. The Hall–Kier alpha value is -2.08. The Kier molecular flexibility index (Phi) is 5.58. The third-order valence-electron chi connectivity index (χ3n) is 4.34. The first-order valence-electron chi connectivity index (χ1n) is 8.67. The molecule has 1 N–H and O–H groups in total.